The summed E-state index contributed by atoms with van der Waals surface area (Å²) in [5.41, 5.74) is 3.44. The van der Waals surface area contributed by atoms with E-state index in [2.05, 4.69) is 9.97 Å². The molecule has 0 unspecified atom stereocenters. The average molecular weight is 288 g/mol. The van der Waals surface area contributed by atoms with Gasteiger partial charge in [0.05, 0.1) is 18.2 Å². The highest BCUT2D eigenvalue weighted by molar-refractivity contribution is 8.00. The third-order valence-electron chi connectivity index (χ3n) is 2.44. The molecular weight excluding hydrogens is 277 g/mol. The number of rotatable bonds is 4. The fourth-order valence-electron chi connectivity index (χ4n) is 1.60. The van der Waals surface area contributed by atoms with E-state index >= 15 is 0 Å². The van der Waals surface area contributed by atoms with Crippen LogP contribution in [0.3, 0.4) is 0 Å². The van der Waals surface area contributed by atoms with E-state index < -0.39 is 5.51 Å². The SMILES string of the molecule is Nc1ccncc1-c1cncn1CCSC(F)(F)F. The van der Waals surface area contributed by atoms with Crippen molar-refractivity contribution < 1.29 is 13.2 Å². The van der Waals surface area contributed by atoms with E-state index in [-0.39, 0.29) is 24.1 Å². The van der Waals surface area contributed by atoms with Gasteiger partial charge in [0, 0.05) is 35.9 Å². The first-order valence-corrected chi connectivity index (χ1v) is 6.36. The van der Waals surface area contributed by atoms with Gasteiger partial charge in [-0.3, -0.25) is 4.98 Å². The van der Waals surface area contributed by atoms with Gasteiger partial charge in [-0.1, -0.05) is 0 Å². The zero-order chi connectivity index (χ0) is 13.9. The summed E-state index contributed by atoms with van der Waals surface area (Å²) in [7, 11) is 0. The Hall–Kier alpha value is -1.70. The molecule has 2 heterocycles. The van der Waals surface area contributed by atoms with Crippen LogP contribution in [0, 0.1) is 0 Å². The smallest absolute Gasteiger partial charge is 0.398 e. The van der Waals surface area contributed by atoms with Gasteiger partial charge in [0.25, 0.3) is 0 Å². The summed E-state index contributed by atoms with van der Waals surface area (Å²) in [5, 5.41) is 0. The molecule has 102 valence electrons. The van der Waals surface area contributed by atoms with Crippen LogP contribution >= 0.6 is 11.8 Å². The highest BCUT2D eigenvalue weighted by Gasteiger charge is 2.27. The third-order valence-corrected chi connectivity index (χ3v) is 3.15. The molecular formula is C11H11F3N4S. The second-order valence-electron chi connectivity index (χ2n) is 3.73. The summed E-state index contributed by atoms with van der Waals surface area (Å²) in [6, 6.07) is 1.64. The quantitative estimate of drug-likeness (QED) is 0.940. The fraction of sp³-hybridized carbons (Fsp3) is 0.273. The van der Waals surface area contributed by atoms with Gasteiger partial charge in [-0.25, -0.2) is 4.98 Å². The number of anilines is 1. The molecule has 0 aliphatic heterocycles. The van der Waals surface area contributed by atoms with Gasteiger partial charge in [-0.2, -0.15) is 13.2 Å². The predicted molar refractivity (Wildman–Crippen MR) is 68.4 cm³/mol. The maximum absolute atomic E-state index is 12.1. The van der Waals surface area contributed by atoms with Crippen molar-refractivity contribution in [1.82, 2.24) is 14.5 Å². The van der Waals surface area contributed by atoms with Crippen molar-refractivity contribution in [3.8, 4) is 11.3 Å². The van der Waals surface area contributed by atoms with Gasteiger partial charge in [-0.05, 0) is 17.8 Å². The Bertz CT molecular complexity index is 553. The predicted octanol–water partition coefficient (Wildman–Crippen LogP) is 2.78. The summed E-state index contributed by atoms with van der Waals surface area (Å²) in [4.78, 5) is 7.90. The number of alkyl halides is 3. The second kappa shape index (κ2) is 5.52. The van der Waals surface area contributed by atoms with Crippen molar-refractivity contribution in [2.75, 3.05) is 11.5 Å². The Morgan fingerprint density at radius 3 is 2.74 bits per heavy atom. The Morgan fingerprint density at radius 2 is 2.05 bits per heavy atom. The molecule has 0 aliphatic rings. The molecule has 0 aliphatic carbocycles. The third kappa shape index (κ3) is 3.63. The van der Waals surface area contributed by atoms with Crippen LogP contribution < -0.4 is 5.73 Å². The number of hydrogen-bond donors (Lipinski definition) is 1. The first-order chi connectivity index (χ1) is 8.97. The maximum atomic E-state index is 12.1. The van der Waals surface area contributed by atoms with Gasteiger partial charge in [0.1, 0.15) is 0 Å². The van der Waals surface area contributed by atoms with Gasteiger partial charge >= 0.3 is 5.51 Å². The first kappa shape index (κ1) is 13.7. The van der Waals surface area contributed by atoms with E-state index in [0.717, 1.165) is 0 Å². The van der Waals surface area contributed by atoms with Crippen LogP contribution in [0.25, 0.3) is 11.3 Å². The van der Waals surface area contributed by atoms with Crippen LogP contribution in [-0.4, -0.2) is 25.8 Å². The molecule has 8 heteroatoms. The Kier molecular flexibility index (Phi) is 3.98. The molecule has 2 N–H and O–H groups in total. The Balaban J connectivity index is 2.13. The molecule has 19 heavy (non-hydrogen) atoms. The van der Waals surface area contributed by atoms with Gasteiger partial charge in [-0.15, -0.1) is 0 Å². The van der Waals surface area contributed by atoms with Crippen molar-refractivity contribution in [2.24, 2.45) is 0 Å². The summed E-state index contributed by atoms with van der Waals surface area (Å²) in [6.45, 7) is 0.202. The summed E-state index contributed by atoms with van der Waals surface area (Å²) in [6.07, 6.45) is 6.17. The number of halogens is 3. The van der Waals surface area contributed by atoms with Crippen LogP contribution in [0.4, 0.5) is 18.9 Å². The monoisotopic (exact) mass is 288 g/mol. The molecule has 0 bridgehead atoms. The number of imidazole rings is 1. The highest BCUT2D eigenvalue weighted by atomic mass is 32.2. The molecule has 2 aromatic rings. The lowest BCUT2D eigenvalue weighted by Gasteiger charge is -2.10. The fourth-order valence-corrected chi connectivity index (χ4v) is 2.12. The Morgan fingerprint density at radius 1 is 1.26 bits per heavy atom. The van der Waals surface area contributed by atoms with Crippen molar-refractivity contribution in [1.29, 1.82) is 0 Å². The van der Waals surface area contributed by atoms with Crippen LogP contribution in [0.5, 0.6) is 0 Å². The molecule has 0 spiro atoms. The number of thioether (sulfide) groups is 1. The van der Waals surface area contributed by atoms with E-state index in [1.165, 1.54) is 6.33 Å². The largest absolute Gasteiger partial charge is 0.441 e. The van der Waals surface area contributed by atoms with Crippen LogP contribution in [0.2, 0.25) is 0 Å². The van der Waals surface area contributed by atoms with Crippen LogP contribution in [0.15, 0.2) is 31.0 Å². The summed E-state index contributed by atoms with van der Waals surface area (Å²) in [5.74, 6) is -0.0764. The molecule has 0 radical (unpaired) electrons. The van der Waals surface area contributed by atoms with Crippen molar-refractivity contribution in [3.63, 3.8) is 0 Å². The summed E-state index contributed by atoms with van der Waals surface area (Å²) < 4.78 is 37.9. The van der Waals surface area contributed by atoms with Gasteiger partial charge < -0.3 is 10.3 Å². The zero-order valence-corrected chi connectivity index (χ0v) is 10.6. The normalized spacial score (nSPS) is 11.7. The molecule has 0 amide bonds. The lowest BCUT2D eigenvalue weighted by Crippen LogP contribution is -2.07. The molecule has 2 aromatic heterocycles. The van der Waals surface area contributed by atoms with E-state index in [9.17, 15) is 13.2 Å². The zero-order valence-electron chi connectivity index (χ0n) is 9.76. The number of aromatic nitrogens is 3. The van der Waals surface area contributed by atoms with Crippen LogP contribution in [-0.2, 0) is 6.54 Å². The second-order valence-corrected chi connectivity index (χ2v) is 4.89. The maximum Gasteiger partial charge on any atom is 0.441 e. The topological polar surface area (TPSA) is 56.7 Å². The minimum absolute atomic E-state index is 0.0556. The van der Waals surface area contributed by atoms with E-state index in [1.54, 1.807) is 29.2 Å². The minimum atomic E-state index is -4.21. The van der Waals surface area contributed by atoms with Gasteiger partial charge in [0.15, 0.2) is 0 Å². The number of hydrogen-bond acceptors (Lipinski definition) is 4. The van der Waals surface area contributed by atoms with Crippen LogP contribution in [0.1, 0.15) is 0 Å². The number of nitrogens with zero attached hydrogens (tertiary/aromatic N) is 3. The molecule has 2 rings (SSSR count). The number of nitrogens with two attached hydrogens (primary N) is 1. The Labute approximate surface area is 111 Å². The van der Waals surface area contributed by atoms with Crippen molar-refractivity contribution >= 4 is 17.4 Å². The number of pyridine rings is 1. The standard InChI is InChI=1S/C11H11F3N4S/c12-11(13,14)19-4-3-18-7-17-6-10(18)8-5-16-2-1-9(8)15/h1-2,5-7H,3-4H2,(H2,15,16). The molecule has 0 aromatic carbocycles. The molecule has 0 saturated carbocycles. The lowest BCUT2D eigenvalue weighted by atomic mass is 10.2. The molecule has 4 nitrogen and oxygen atoms in total. The summed E-state index contributed by atoms with van der Waals surface area (Å²) >= 11 is -0.0556. The first-order valence-electron chi connectivity index (χ1n) is 5.38. The van der Waals surface area contributed by atoms with Gasteiger partial charge in [0.2, 0.25) is 0 Å². The number of nitrogen functional groups attached to an aromatic ring is 1. The van der Waals surface area contributed by atoms with E-state index in [4.69, 9.17) is 5.73 Å². The molecule has 0 fully saturated rings. The lowest BCUT2D eigenvalue weighted by molar-refractivity contribution is -0.0328. The number of aryl methyl sites for hydroxylation is 1. The highest BCUT2D eigenvalue weighted by Crippen LogP contribution is 2.31. The van der Waals surface area contributed by atoms with E-state index in [0.29, 0.717) is 16.9 Å². The van der Waals surface area contributed by atoms with E-state index in [1.807, 2.05) is 0 Å². The minimum Gasteiger partial charge on any atom is -0.398 e. The van der Waals surface area contributed by atoms with Crippen molar-refractivity contribution in [2.45, 2.75) is 12.1 Å². The average Bonchev–Trinajstić information content (AvgIpc) is 2.76. The molecule has 0 atom stereocenters. The molecule has 0 saturated heterocycles. The van der Waals surface area contributed by atoms with Crippen molar-refractivity contribution in [3.05, 3.63) is 31.0 Å².